The topological polar surface area (TPSA) is 76.0 Å². The van der Waals surface area contributed by atoms with Gasteiger partial charge in [0, 0.05) is 31.1 Å². The highest BCUT2D eigenvalue weighted by Crippen LogP contribution is 2.27. The van der Waals surface area contributed by atoms with E-state index in [-0.39, 0.29) is 29.6 Å². The number of nitrogens with zero attached hydrogens (tertiary/aromatic N) is 2. The Kier molecular flexibility index (Phi) is 6.40. The first-order chi connectivity index (χ1) is 13.7. The van der Waals surface area contributed by atoms with Gasteiger partial charge in [0.25, 0.3) is 0 Å². The van der Waals surface area contributed by atoms with Crippen LogP contribution in [-0.4, -0.2) is 28.1 Å². The molecule has 6 heteroatoms. The third-order valence-corrected chi connectivity index (χ3v) is 5.21. The summed E-state index contributed by atoms with van der Waals surface area (Å²) in [5, 5.41) is 10.3. The van der Waals surface area contributed by atoms with Gasteiger partial charge in [0.05, 0.1) is 11.6 Å². The fourth-order valence-electron chi connectivity index (χ4n) is 3.52. The van der Waals surface area contributed by atoms with Crippen molar-refractivity contribution in [1.82, 2.24) is 15.1 Å². The Labute approximate surface area is 173 Å². The van der Waals surface area contributed by atoms with Gasteiger partial charge in [-0.25, -0.2) is 0 Å². The largest absolute Gasteiger partial charge is 0.355 e. The molecular weight excluding hydrogens is 364 g/mol. The predicted molar refractivity (Wildman–Crippen MR) is 115 cm³/mol. The second kappa shape index (κ2) is 8.80. The van der Waals surface area contributed by atoms with Crippen molar-refractivity contribution in [2.24, 2.45) is 11.3 Å². The zero-order valence-electron chi connectivity index (χ0n) is 17.9. The molecule has 2 N–H and O–H groups in total. The predicted octanol–water partition coefficient (Wildman–Crippen LogP) is 4.01. The molecule has 3 rings (SSSR count). The standard InChI is InChI=1S/C23H32N4O2/c1-5-7-16-8-6-9-17(12-16)19-14-20(26-27(19)11-10-23(2,3)4)25-22(29)18-13-21(28)24-15-18/h6,8-9,12,14,18H,5,7,10-11,13,15H2,1-4H3,(H,24,28)(H,25,26,29)/t18-/m1/s1. The van der Waals surface area contributed by atoms with Gasteiger partial charge in [-0.05, 0) is 29.9 Å². The van der Waals surface area contributed by atoms with Crippen LogP contribution in [0.1, 0.15) is 52.5 Å². The van der Waals surface area contributed by atoms with Gasteiger partial charge >= 0.3 is 0 Å². The monoisotopic (exact) mass is 396 g/mol. The second-order valence-corrected chi connectivity index (χ2v) is 9.09. The van der Waals surface area contributed by atoms with Crippen LogP contribution in [0.3, 0.4) is 0 Å². The zero-order chi connectivity index (χ0) is 21.0. The van der Waals surface area contributed by atoms with E-state index in [1.54, 1.807) is 0 Å². The molecule has 1 aromatic heterocycles. The summed E-state index contributed by atoms with van der Waals surface area (Å²) >= 11 is 0. The van der Waals surface area contributed by atoms with Crippen LogP contribution in [0.4, 0.5) is 5.82 Å². The number of aromatic nitrogens is 2. The van der Waals surface area contributed by atoms with Crippen molar-refractivity contribution in [1.29, 1.82) is 0 Å². The average molecular weight is 397 g/mol. The lowest BCUT2D eigenvalue weighted by molar-refractivity contribution is -0.123. The number of benzene rings is 1. The lowest BCUT2D eigenvalue weighted by Crippen LogP contribution is -2.25. The molecule has 156 valence electrons. The fraction of sp³-hybridized carbons (Fsp3) is 0.522. The lowest BCUT2D eigenvalue weighted by Gasteiger charge is -2.18. The van der Waals surface area contributed by atoms with Crippen LogP contribution in [0.5, 0.6) is 0 Å². The Hall–Kier alpha value is -2.63. The summed E-state index contributed by atoms with van der Waals surface area (Å²) < 4.78 is 1.99. The maximum Gasteiger partial charge on any atom is 0.230 e. The van der Waals surface area contributed by atoms with Gasteiger partial charge in [0.1, 0.15) is 0 Å². The number of hydrogen-bond donors (Lipinski definition) is 2. The number of nitrogens with one attached hydrogen (secondary N) is 2. The molecule has 1 aromatic carbocycles. The van der Waals surface area contributed by atoms with E-state index < -0.39 is 0 Å². The Morgan fingerprint density at radius 3 is 2.76 bits per heavy atom. The van der Waals surface area contributed by atoms with Crippen molar-refractivity contribution >= 4 is 17.6 Å². The highest BCUT2D eigenvalue weighted by molar-refractivity contribution is 5.96. The van der Waals surface area contributed by atoms with Gasteiger partial charge in [0.2, 0.25) is 11.8 Å². The molecule has 1 atom stereocenters. The first-order valence-electron chi connectivity index (χ1n) is 10.5. The van der Waals surface area contributed by atoms with E-state index in [1.807, 2.05) is 10.7 Å². The van der Waals surface area contributed by atoms with Crippen molar-refractivity contribution in [3.05, 3.63) is 35.9 Å². The van der Waals surface area contributed by atoms with Crippen molar-refractivity contribution in [2.45, 2.75) is 59.9 Å². The maximum atomic E-state index is 12.5. The summed E-state index contributed by atoms with van der Waals surface area (Å²) in [6, 6.07) is 10.5. The summed E-state index contributed by atoms with van der Waals surface area (Å²) in [5.41, 5.74) is 3.60. The molecule has 29 heavy (non-hydrogen) atoms. The van der Waals surface area contributed by atoms with Crippen molar-refractivity contribution < 1.29 is 9.59 Å². The molecule has 2 aromatic rings. The average Bonchev–Trinajstić information content (AvgIpc) is 3.26. The molecule has 0 aliphatic carbocycles. The van der Waals surface area contributed by atoms with E-state index in [2.05, 4.69) is 67.7 Å². The SMILES string of the molecule is CCCc1cccc(-c2cc(NC(=O)[C@H]3CNC(=O)C3)nn2CCC(C)(C)C)c1. The molecular formula is C23H32N4O2. The first kappa shape index (κ1) is 21.1. The summed E-state index contributed by atoms with van der Waals surface area (Å²) in [6.45, 7) is 9.98. The highest BCUT2D eigenvalue weighted by Gasteiger charge is 2.28. The first-order valence-corrected chi connectivity index (χ1v) is 10.5. The summed E-state index contributed by atoms with van der Waals surface area (Å²) in [5.74, 6) is -0.0258. The molecule has 2 amide bonds. The maximum absolute atomic E-state index is 12.5. The third kappa shape index (κ3) is 5.68. The van der Waals surface area contributed by atoms with E-state index in [4.69, 9.17) is 0 Å². The molecule has 0 radical (unpaired) electrons. The molecule has 0 bridgehead atoms. The fourth-order valence-corrected chi connectivity index (χ4v) is 3.52. The number of aryl methyl sites for hydroxylation is 2. The Balaban J connectivity index is 1.86. The molecule has 6 nitrogen and oxygen atoms in total. The van der Waals surface area contributed by atoms with Gasteiger partial charge in [-0.3, -0.25) is 14.3 Å². The second-order valence-electron chi connectivity index (χ2n) is 9.09. The number of carbonyl (C=O) groups is 2. The minimum Gasteiger partial charge on any atom is -0.355 e. The van der Waals surface area contributed by atoms with Crippen LogP contribution < -0.4 is 10.6 Å². The van der Waals surface area contributed by atoms with E-state index in [0.29, 0.717) is 12.4 Å². The molecule has 0 unspecified atom stereocenters. The molecule has 1 aliphatic heterocycles. The minimum atomic E-state index is -0.335. The quantitative estimate of drug-likeness (QED) is 0.742. The van der Waals surface area contributed by atoms with E-state index in [0.717, 1.165) is 37.1 Å². The number of anilines is 1. The lowest BCUT2D eigenvalue weighted by atomic mass is 9.92. The molecule has 2 heterocycles. The Bertz CT molecular complexity index is 879. The molecule has 0 spiro atoms. The Morgan fingerprint density at radius 2 is 2.10 bits per heavy atom. The summed E-state index contributed by atoms with van der Waals surface area (Å²) in [6.07, 6.45) is 3.35. The van der Waals surface area contributed by atoms with Crippen LogP contribution in [-0.2, 0) is 22.6 Å². The van der Waals surface area contributed by atoms with Gasteiger partial charge in [-0.2, -0.15) is 5.10 Å². The van der Waals surface area contributed by atoms with Crippen LogP contribution in [0.25, 0.3) is 11.3 Å². The third-order valence-electron chi connectivity index (χ3n) is 5.21. The number of carbonyl (C=O) groups excluding carboxylic acids is 2. The molecule has 0 saturated carbocycles. The Morgan fingerprint density at radius 1 is 1.31 bits per heavy atom. The zero-order valence-corrected chi connectivity index (χ0v) is 17.9. The van der Waals surface area contributed by atoms with Gasteiger partial charge in [-0.1, -0.05) is 52.3 Å². The van der Waals surface area contributed by atoms with Crippen molar-refractivity contribution in [3.63, 3.8) is 0 Å². The molecule has 1 saturated heterocycles. The van der Waals surface area contributed by atoms with Gasteiger partial charge in [-0.15, -0.1) is 0 Å². The van der Waals surface area contributed by atoms with Crippen LogP contribution in [0.15, 0.2) is 30.3 Å². The van der Waals surface area contributed by atoms with Crippen LogP contribution >= 0.6 is 0 Å². The highest BCUT2D eigenvalue weighted by atomic mass is 16.2. The molecule has 1 aliphatic rings. The van der Waals surface area contributed by atoms with Crippen LogP contribution in [0, 0.1) is 11.3 Å². The number of rotatable bonds is 7. The number of hydrogen-bond acceptors (Lipinski definition) is 3. The summed E-state index contributed by atoms with van der Waals surface area (Å²) in [4.78, 5) is 23.9. The van der Waals surface area contributed by atoms with E-state index in [9.17, 15) is 9.59 Å². The minimum absolute atomic E-state index is 0.0747. The van der Waals surface area contributed by atoms with Gasteiger partial charge < -0.3 is 10.6 Å². The summed E-state index contributed by atoms with van der Waals surface area (Å²) in [7, 11) is 0. The van der Waals surface area contributed by atoms with Crippen LogP contribution in [0.2, 0.25) is 0 Å². The van der Waals surface area contributed by atoms with Crippen molar-refractivity contribution in [3.8, 4) is 11.3 Å². The van der Waals surface area contributed by atoms with Gasteiger partial charge in [0.15, 0.2) is 5.82 Å². The number of amides is 2. The van der Waals surface area contributed by atoms with E-state index >= 15 is 0 Å². The normalized spacial score (nSPS) is 16.7. The smallest absolute Gasteiger partial charge is 0.230 e. The molecule has 1 fully saturated rings. The van der Waals surface area contributed by atoms with E-state index in [1.165, 1.54) is 5.56 Å². The van der Waals surface area contributed by atoms with Crippen molar-refractivity contribution in [2.75, 3.05) is 11.9 Å².